The molecule has 1 aliphatic heterocycles. The number of aromatic nitrogens is 6. The Hall–Kier alpha value is -2.30. The number of nitrogens with zero attached hydrogens (tertiary/aromatic N) is 6. The van der Waals surface area contributed by atoms with Crippen LogP contribution in [0.25, 0.3) is 16.4 Å². The van der Waals surface area contributed by atoms with Gasteiger partial charge in [0, 0.05) is 23.6 Å². The van der Waals surface area contributed by atoms with Crippen LogP contribution in [-0.4, -0.2) is 72.0 Å². The van der Waals surface area contributed by atoms with E-state index in [1.807, 2.05) is 0 Å². The monoisotopic (exact) mass is 624 g/mol. The molecule has 0 radical (unpaired) electrons. The molecular formula is C22H18Cl3F3N6O4S. The van der Waals surface area contributed by atoms with Gasteiger partial charge in [0.2, 0.25) is 0 Å². The number of benzene rings is 1. The van der Waals surface area contributed by atoms with Crippen molar-refractivity contribution in [1.82, 2.24) is 29.8 Å². The van der Waals surface area contributed by atoms with Gasteiger partial charge in [-0.25, -0.2) is 14.3 Å². The minimum Gasteiger partial charge on any atom is -0.394 e. The van der Waals surface area contributed by atoms with Crippen molar-refractivity contribution in [2.24, 2.45) is 0 Å². The molecule has 17 heteroatoms. The number of hydrogen-bond donors (Lipinski definition) is 2. The van der Waals surface area contributed by atoms with Crippen LogP contribution in [-0.2, 0) is 15.7 Å². The third-order valence-electron chi connectivity index (χ3n) is 6.14. The van der Waals surface area contributed by atoms with Crippen LogP contribution in [0.5, 0.6) is 0 Å². The highest BCUT2D eigenvalue weighted by atomic mass is 35.5. The summed E-state index contributed by atoms with van der Waals surface area (Å²) >= 11 is 19.4. The van der Waals surface area contributed by atoms with Gasteiger partial charge in [0.15, 0.2) is 5.15 Å². The maximum Gasteiger partial charge on any atom is 0.418 e. The molecule has 4 heterocycles. The fourth-order valence-corrected chi connectivity index (χ4v) is 5.72. The number of rotatable bonds is 6. The van der Waals surface area contributed by atoms with E-state index in [9.17, 15) is 23.4 Å². The van der Waals surface area contributed by atoms with Gasteiger partial charge in [-0.1, -0.05) is 40.0 Å². The van der Waals surface area contributed by atoms with Crippen molar-refractivity contribution >= 4 is 46.1 Å². The summed E-state index contributed by atoms with van der Waals surface area (Å²) < 4.78 is 55.7. The van der Waals surface area contributed by atoms with Gasteiger partial charge in [-0.05, 0) is 18.2 Å². The molecule has 5 rings (SSSR count). The van der Waals surface area contributed by atoms with E-state index in [4.69, 9.17) is 44.3 Å². The highest BCUT2D eigenvalue weighted by Crippen LogP contribution is 2.43. The van der Waals surface area contributed by atoms with Crippen molar-refractivity contribution < 1.29 is 32.9 Å². The zero-order valence-electron chi connectivity index (χ0n) is 19.6. The molecule has 0 spiro atoms. The molecule has 1 aliphatic rings. The summed E-state index contributed by atoms with van der Waals surface area (Å²) in [5.74, 6) is 0. The smallest absolute Gasteiger partial charge is 0.394 e. The first kappa shape index (κ1) is 28.2. The van der Waals surface area contributed by atoms with Gasteiger partial charge in [0.05, 0.1) is 29.7 Å². The fraction of sp³-hybridized carbons (Fsp3) is 0.364. The summed E-state index contributed by atoms with van der Waals surface area (Å²) in [6.45, 7) is -0.624. The Kier molecular flexibility index (Phi) is 7.92. The summed E-state index contributed by atoms with van der Waals surface area (Å²) in [5, 5.41) is 35.6. The molecule has 1 aromatic carbocycles. The molecule has 0 aliphatic carbocycles. The lowest BCUT2D eigenvalue weighted by Crippen LogP contribution is -2.53. The zero-order chi connectivity index (χ0) is 28.1. The lowest BCUT2D eigenvalue weighted by Gasteiger charge is -2.43. The average molecular weight is 626 g/mol. The zero-order valence-corrected chi connectivity index (χ0v) is 22.7. The van der Waals surface area contributed by atoms with Gasteiger partial charge in [-0.3, -0.25) is 0 Å². The molecule has 10 nitrogen and oxygen atoms in total. The Morgan fingerprint density at radius 1 is 1.18 bits per heavy atom. The average Bonchev–Trinajstić information content (AvgIpc) is 3.62. The van der Waals surface area contributed by atoms with Crippen molar-refractivity contribution in [2.45, 2.75) is 36.6 Å². The molecule has 2 N–H and O–H groups in total. The molecule has 4 aromatic rings. The van der Waals surface area contributed by atoms with Crippen LogP contribution in [0.1, 0.15) is 23.4 Å². The van der Waals surface area contributed by atoms with E-state index in [1.165, 1.54) is 35.4 Å². The summed E-state index contributed by atoms with van der Waals surface area (Å²) in [5.41, 5.74) is -1.00. The van der Waals surface area contributed by atoms with Crippen LogP contribution in [0.3, 0.4) is 0 Å². The number of hydrogen-bond acceptors (Lipinski definition) is 9. The summed E-state index contributed by atoms with van der Waals surface area (Å²) in [4.78, 5) is 4.16. The van der Waals surface area contributed by atoms with E-state index in [-0.39, 0.29) is 21.0 Å². The van der Waals surface area contributed by atoms with Crippen LogP contribution >= 0.6 is 46.1 Å². The summed E-state index contributed by atoms with van der Waals surface area (Å²) in [7, 11) is 1.33. The van der Waals surface area contributed by atoms with Crippen molar-refractivity contribution in [2.75, 3.05) is 13.7 Å². The summed E-state index contributed by atoms with van der Waals surface area (Å²) in [6, 6.07) is 3.34. The molecule has 1 fully saturated rings. The number of methoxy groups -OCH3 is 1. The molecular weight excluding hydrogens is 608 g/mol. The minimum absolute atomic E-state index is 0.0300. The number of aliphatic hydroxyl groups excluding tert-OH is 2. The second-order valence-electron chi connectivity index (χ2n) is 8.48. The first-order valence-electron chi connectivity index (χ1n) is 11.1. The third kappa shape index (κ3) is 5.39. The topological polar surface area (TPSA) is 120 Å². The van der Waals surface area contributed by atoms with Gasteiger partial charge in [0.1, 0.15) is 46.3 Å². The Morgan fingerprint density at radius 3 is 2.59 bits per heavy atom. The Balaban J connectivity index is 1.61. The van der Waals surface area contributed by atoms with Gasteiger partial charge < -0.3 is 19.7 Å². The minimum atomic E-state index is -4.74. The van der Waals surface area contributed by atoms with E-state index < -0.39 is 54.5 Å². The molecule has 0 saturated carbocycles. The van der Waals surface area contributed by atoms with Crippen LogP contribution in [0.4, 0.5) is 13.2 Å². The van der Waals surface area contributed by atoms with Crippen molar-refractivity contribution in [1.29, 1.82) is 0 Å². The molecule has 39 heavy (non-hydrogen) atoms. The Bertz CT molecular complexity index is 1480. The predicted molar refractivity (Wildman–Crippen MR) is 135 cm³/mol. The maximum absolute atomic E-state index is 13.9. The normalized spacial score (nSPS) is 23.9. The first-order valence-corrected chi connectivity index (χ1v) is 13.2. The number of alkyl halides is 3. The highest BCUT2D eigenvalue weighted by Gasteiger charge is 2.49. The lowest BCUT2D eigenvalue weighted by molar-refractivity contribution is -0.216. The quantitative estimate of drug-likeness (QED) is 0.319. The van der Waals surface area contributed by atoms with Gasteiger partial charge in [-0.15, -0.1) is 16.4 Å². The van der Waals surface area contributed by atoms with E-state index >= 15 is 0 Å². The molecule has 1 saturated heterocycles. The Morgan fingerprint density at radius 2 is 1.95 bits per heavy atom. The molecule has 0 amide bonds. The van der Waals surface area contributed by atoms with Crippen molar-refractivity contribution in [3.63, 3.8) is 0 Å². The maximum atomic E-state index is 13.9. The van der Waals surface area contributed by atoms with E-state index in [2.05, 4.69) is 20.4 Å². The molecule has 0 bridgehead atoms. The lowest BCUT2D eigenvalue weighted by atomic mass is 9.90. The fourth-order valence-electron chi connectivity index (χ4n) is 4.47. The molecule has 5 atom stereocenters. The van der Waals surface area contributed by atoms with Gasteiger partial charge in [0.25, 0.3) is 0 Å². The van der Waals surface area contributed by atoms with E-state index in [0.717, 1.165) is 22.9 Å². The van der Waals surface area contributed by atoms with Crippen LogP contribution in [0.15, 0.2) is 35.8 Å². The second-order valence-corrected chi connectivity index (χ2v) is 10.6. The Labute approximate surface area is 237 Å². The van der Waals surface area contributed by atoms with Crippen molar-refractivity contribution in [3.8, 4) is 16.4 Å². The van der Waals surface area contributed by atoms with Crippen LogP contribution < -0.4 is 0 Å². The first-order chi connectivity index (χ1) is 18.5. The van der Waals surface area contributed by atoms with Crippen molar-refractivity contribution in [3.05, 3.63) is 62.4 Å². The number of ether oxygens (including phenoxy) is 2. The summed E-state index contributed by atoms with van der Waals surface area (Å²) in [6.07, 6.45) is -8.01. The van der Waals surface area contributed by atoms with E-state index in [0.29, 0.717) is 10.7 Å². The number of aliphatic hydroxyl groups is 2. The second kappa shape index (κ2) is 10.9. The molecule has 3 aromatic heterocycles. The predicted octanol–water partition coefficient (Wildman–Crippen LogP) is 4.62. The highest BCUT2D eigenvalue weighted by molar-refractivity contribution is 7.13. The van der Waals surface area contributed by atoms with E-state index in [1.54, 1.807) is 5.38 Å². The molecule has 2 unspecified atom stereocenters. The van der Waals surface area contributed by atoms with Crippen LogP contribution in [0.2, 0.25) is 15.3 Å². The number of thiazole rings is 1. The number of halogens is 6. The van der Waals surface area contributed by atoms with Gasteiger partial charge in [-0.2, -0.15) is 18.3 Å². The van der Waals surface area contributed by atoms with Crippen LogP contribution in [0, 0.1) is 0 Å². The SMILES string of the molecule is COC1[C@@H](n2cc(-c3nc(Cl)cs3)nn2)[C@@H](O)C(CO)O[C@H]1c1cc(Cl)nn1-c1cc(Cl)ccc1C(F)(F)F. The standard InChI is InChI=1S/C22H18Cl3F3N6O4S/c1-37-20-17(33-6-11(30-32-33)21-29-16(25)8-39-21)18(36)14(7-35)38-19(20)13-5-15(24)31-34(13)12-4-9(23)2-3-10(12)22(26,27)28/h2-6,8,14,17-20,35-36H,7H2,1H3/t14?,17-,18-,19-,20?/m0/s1. The largest absolute Gasteiger partial charge is 0.418 e. The van der Waals surface area contributed by atoms with Gasteiger partial charge >= 0.3 is 6.18 Å². The molecule has 208 valence electrons. The third-order valence-corrected chi connectivity index (χ3v) is 7.75.